The molecular weight excluding hydrogens is 307 g/mol. The van der Waals surface area contributed by atoms with Crippen molar-refractivity contribution in [1.29, 1.82) is 0 Å². The van der Waals surface area contributed by atoms with Gasteiger partial charge >= 0.3 is 0 Å². The van der Waals surface area contributed by atoms with Crippen LogP contribution in [-0.2, 0) is 0 Å². The zero-order valence-electron chi connectivity index (χ0n) is 13.3. The van der Waals surface area contributed by atoms with Crippen LogP contribution in [0.25, 0.3) is 11.4 Å². The van der Waals surface area contributed by atoms with Gasteiger partial charge in [-0.2, -0.15) is 0 Å². The first-order chi connectivity index (χ1) is 11.7. The van der Waals surface area contributed by atoms with Crippen LogP contribution in [0.5, 0.6) is 0 Å². The van der Waals surface area contributed by atoms with Crippen molar-refractivity contribution in [2.45, 2.75) is 19.3 Å². The second-order valence-electron chi connectivity index (χ2n) is 6.60. The van der Waals surface area contributed by atoms with Crippen LogP contribution in [0.4, 0.5) is 4.39 Å². The number of aromatic nitrogens is 2. The number of nitrogens with one attached hydrogen (secondary N) is 1. The lowest BCUT2D eigenvalue weighted by molar-refractivity contribution is 0.0814. The number of halogens is 1. The molecule has 0 radical (unpaired) electrons. The summed E-state index contributed by atoms with van der Waals surface area (Å²) in [5.41, 5.74) is 3.95. The topological polar surface area (TPSA) is 58.1 Å². The molecule has 1 saturated heterocycles. The van der Waals surface area contributed by atoms with E-state index in [1.165, 1.54) is 43.8 Å². The molecule has 1 aromatic carbocycles. The molecule has 2 atom stereocenters. The molecule has 1 aliphatic carbocycles. The van der Waals surface area contributed by atoms with E-state index in [1.54, 1.807) is 12.1 Å². The maximum absolute atomic E-state index is 13.3. The van der Waals surface area contributed by atoms with Crippen LogP contribution in [0.2, 0.25) is 0 Å². The molecule has 24 heavy (non-hydrogen) atoms. The van der Waals surface area contributed by atoms with E-state index >= 15 is 0 Å². The molecule has 2 unspecified atom stereocenters. The smallest absolute Gasteiger partial charge is 0.268 e. The monoisotopic (exact) mass is 326 g/mol. The van der Waals surface area contributed by atoms with Gasteiger partial charge in [-0.15, -0.1) is 0 Å². The molecule has 0 bridgehead atoms. The Kier molecular flexibility index (Phi) is 3.98. The van der Waals surface area contributed by atoms with Crippen LogP contribution in [0.1, 0.15) is 29.6 Å². The number of carbonyl (C=O) groups excluding carboxylic acids is 1. The minimum Gasteiger partial charge on any atom is -0.285 e. The number of hydrogen-bond donors (Lipinski definition) is 1. The summed E-state index contributed by atoms with van der Waals surface area (Å²) in [5, 5.41) is 2.01. The zero-order chi connectivity index (χ0) is 16.5. The fourth-order valence-electron chi connectivity index (χ4n) is 3.76. The molecule has 2 fully saturated rings. The first-order valence-corrected chi connectivity index (χ1v) is 8.33. The van der Waals surface area contributed by atoms with Crippen molar-refractivity contribution in [1.82, 2.24) is 20.4 Å². The van der Waals surface area contributed by atoms with E-state index in [2.05, 4.69) is 15.4 Å². The number of carbonyl (C=O) groups is 1. The molecule has 4 rings (SSSR count). The lowest BCUT2D eigenvalue weighted by Crippen LogP contribution is -2.41. The van der Waals surface area contributed by atoms with Gasteiger partial charge in [0.15, 0.2) is 5.82 Å². The van der Waals surface area contributed by atoms with Gasteiger partial charge in [-0.05, 0) is 36.8 Å². The van der Waals surface area contributed by atoms with E-state index in [-0.39, 0.29) is 11.7 Å². The molecule has 2 aliphatic rings. The summed E-state index contributed by atoms with van der Waals surface area (Å²) >= 11 is 0. The average molecular weight is 326 g/mol. The van der Waals surface area contributed by atoms with Crippen molar-refractivity contribution in [2.24, 2.45) is 11.8 Å². The van der Waals surface area contributed by atoms with E-state index in [0.29, 0.717) is 17.0 Å². The molecule has 1 aromatic heterocycles. The summed E-state index contributed by atoms with van der Waals surface area (Å²) in [6.07, 6.45) is 6.82. The lowest BCUT2D eigenvalue weighted by Gasteiger charge is -2.17. The highest BCUT2D eigenvalue weighted by Gasteiger charge is 2.36. The molecule has 2 heterocycles. The molecule has 1 saturated carbocycles. The van der Waals surface area contributed by atoms with Crippen molar-refractivity contribution in [3.05, 3.63) is 48.0 Å². The minimum absolute atomic E-state index is 0.194. The first-order valence-electron chi connectivity index (χ1n) is 8.33. The van der Waals surface area contributed by atoms with E-state index in [1.807, 2.05) is 5.01 Å². The van der Waals surface area contributed by atoms with Crippen molar-refractivity contribution in [3.63, 3.8) is 0 Å². The molecule has 5 nitrogen and oxygen atoms in total. The van der Waals surface area contributed by atoms with Gasteiger partial charge in [-0.25, -0.2) is 19.4 Å². The number of amides is 1. The van der Waals surface area contributed by atoms with Gasteiger partial charge in [0.25, 0.3) is 5.91 Å². The Labute approximate surface area is 139 Å². The fraction of sp³-hybridized carbons (Fsp3) is 0.389. The number of hydrazine groups is 1. The number of fused-ring (bicyclic) bond motifs is 1. The number of rotatable bonds is 3. The standard InChI is InChI=1S/C18H19FN4O/c19-16-6-2-3-12(7-16)17-20-8-15(9-21-17)18(24)22-23-10-13-4-1-5-14(13)11-23/h2-3,6-9,13-14H,1,4-5,10-11H2,(H,22,24). The largest absolute Gasteiger partial charge is 0.285 e. The predicted octanol–water partition coefficient (Wildman–Crippen LogP) is 2.66. The Morgan fingerprint density at radius 2 is 1.88 bits per heavy atom. The lowest BCUT2D eigenvalue weighted by atomic mass is 10.0. The maximum Gasteiger partial charge on any atom is 0.268 e. The maximum atomic E-state index is 13.3. The average Bonchev–Trinajstić information content (AvgIpc) is 3.16. The molecule has 1 amide bonds. The third-order valence-electron chi connectivity index (χ3n) is 4.98. The predicted molar refractivity (Wildman–Crippen MR) is 87.3 cm³/mol. The molecule has 0 spiro atoms. The summed E-state index contributed by atoms with van der Waals surface area (Å²) in [6, 6.07) is 6.09. The number of hydrogen-bond acceptors (Lipinski definition) is 4. The van der Waals surface area contributed by atoms with E-state index in [9.17, 15) is 9.18 Å². The minimum atomic E-state index is -0.336. The zero-order valence-corrected chi connectivity index (χ0v) is 13.3. The van der Waals surface area contributed by atoms with E-state index in [0.717, 1.165) is 24.9 Å². The number of benzene rings is 1. The SMILES string of the molecule is O=C(NN1CC2CCCC2C1)c1cnc(-c2cccc(F)c2)nc1. The second kappa shape index (κ2) is 6.28. The molecule has 6 heteroatoms. The molecule has 124 valence electrons. The van der Waals surface area contributed by atoms with Crippen molar-refractivity contribution >= 4 is 5.91 Å². The van der Waals surface area contributed by atoms with E-state index < -0.39 is 0 Å². The third-order valence-corrected chi connectivity index (χ3v) is 4.98. The van der Waals surface area contributed by atoms with Gasteiger partial charge in [0.05, 0.1) is 5.56 Å². The summed E-state index contributed by atoms with van der Waals surface area (Å²) < 4.78 is 13.3. The van der Waals surface area contributed by atoms with E-state index in [4.69, 9.17) is 0 Å². The quantitative estimate of drug-likeness (QED) is 0.942. The Hall–Kier alpha value is -2.34. The normalized spacial score (nSPS) is 23.2. The van der Waals surface area contributed by atoms with Crippen LogP contribution in [0, 0.1) is 17.7 Å². The highest BCUT2D eigenvalue weighted by atomic mass is 19.1. The summed E-state index contributed by atoms with van der Waals surface area (Å²) in [5.74, 6) is 1.31. The fourth-order valence-corrected chi connectivity index (χ4v) is 3.76. The highest BCUT2D eigenvalue weighted by Crippen LogP contribution is 2.36. The third kappa shape index (κ3) is 3.01. The summed E-state index contributed by atoms with van der Waals surface area (Å²) in [4.78, 5) is 20.7. The molecule has 1 N–H and O–H groups in total. The Morgan fingerprint density at radius 3 is 2.54 bits per heavy atom. The van der Waals surface area contributed by atoms with Crippen LogP contribution in [0.3, 0.4) is 0 Å². The van der Waals surface area contributed by atoms with Crippen LogP contribution < -0.4 is 5.43 Å². The van der Waals surface area contributed by atoms with Crippen molar-refractivity contribution < 1.29 is 9.18 Å². The van der Waals surface area contributed by atoms with Crippen LogP contribution in [0.15, 0.2) is 36.7 Å². The summed E-state index contributed by atoms with van der Waals surface area (Å²) in [6.45, 7) is 1.86. The van der Waals surface area contributed by atoms with Gasteiger partial charge < -0.3 is 0 Å². The number of nitrogens with zero attached hydrogens (tertiary/aromatic N) is 3. The molecular formula is C18H19FN4O. The van der Waals surface area contributed by atoms with Gasteiger partial charge in [0.2, 0.25) is 0 Å². The van der Waals surface area contributed by atoms with Gasteiger partial charge in [0, 0.05) is 31.0 Å². The van der Waals surface area contributed by atoms with Crippen molar-refractivity contribution in [3.8, 4) is 11.4 Å². The highest BCUT2D eigenvalue weighted by molar-refractivity contribution is 5.93. The van der Waals surface area contributed by atoms with Crippen LogP contribution >= 0.6 is 0 Å². The Balaban J connectivity index is 1.42. The van der Waals surface area contributed by atoms with Crippen LogP contribution in [-0.4, -0.2) is 34.0 Å². The van der Waals surface area contributed by atoms with Gasteiger partial charge in [-0.3, -0.25) is 10.2 Å². The Bertz CT molecular complexity index is 737. The Morgan fingerprint density at radius 1 is 1.17 bits per heavy atom. The second-order valence-corrected chi connectivity index (χ2v) is 6.60. The first kappa shape index (κ1) is 15.2. The van der Waals surface area contributed by atoms with Crippen molar-refractivity contribution in [2.75, 3.05) is 13.1 Å². The summed E-state index contributed by atoms with van der Waals surface area (Å²) in [7, 11) is 0. The molecule has 1 aliphatic heterocycles. The van der Waals surface area contributed by atoms with Gasteiger partial charge in [0.1, 0.15) is 5.82 Å². The van der Waals surface area contributed by atoms with Gasteiger partial charge in [-0.1, -0.05) is 18.6 Å². The molecule has 2 aromatic rings.